The van der Waals surface area contributed by atoms with E-state index in [0.29, 0.717) is 5.75 Å². The molecule has 0 radical (unpaired) electrons. The fourth-order valence-corrected chi connectivity index (χ4v) is 3.79. The summed E-state index contributed by atoms with van der Waals surface area (Å²) >= 11 is 3.00. The van der Waals surface area contributed by atoms with E-state index in [0.717, 1.165) is 32.9 Å². The van der Waals surface area contributed by atoms with Crippen LogP contribution in [0.3, 0.4) is 0 Å². The Morgan fingerprint density at radius 3 is 2.74 bits per heavy atom. The van der Waals surface area contributed by atoms with Gasteiger partial charge in [-0.2, -0.15) is 0 Å². The lowest BCUT2D eigenvalue weighted by Gasteiger charge is -2.16. The molecule has 1 atom stereocenters. The van der Waals surface area contributed by atoms with E-state index in [-0.39, 0.29) is 6.61 Å². The maximum Gasteiger partial charge on any atom is 0.206 e. The predicted octanol–water partition coefficient (Wildman–Crippen LogP) is 3.43. The first-order valence-corrected chi connectivity index (χ1v) is 9.39. The summed E-state index contributed by atoms with van der Waals surface area (Å²) in [5, 5.41) is 22.2. The number of rotatable bonds is 8. The van der Waals surface area contributed by atoms with E-state index in [9.17, 15) is 5.11 Å². The molecule has 2 rings (SSSR count). The van der Waals surface area contributed by atoms with Crippen molar-refractivity contribution in [2.24, 2.45) is 0 Å². The van der Waals surface area contributed by atoms with Gasteiger partial charge in [0.2, 0.25) is 5.13 Å². The normalized spacial score (nSPS) is 12.2. The third-order valence-electron chi connectivity index (χ3n) is 3.43. The van der Waals surface area contributed by atoms with Crippen molar-refractivity contribution in [3.63, 3.8) is 0 Å². The Morgan fingerprint density at radius 1 is 1.26 bits per heavy atom. The number of nitrogens with zero attached hydrogens (tertiary/aromatic N) is 2. The SMILES string of the molecule is CCNc1nnc(SC[C@@H](O)COc2c(C)ccc(C)c2C)s1. The highest BCUT2D eigenvalue weighted by atomic mass is 32.2. The second-order valence-corrected chi connectivity index (χ2v) is 7.58. The van der Waals surface area contributed by atoms with E-state index < -0.39 is 6.10 Å². The van der Waals surface area contributed by atoms with Crippen LogP contribution in [-0.2, 0) is 0 Å². The first-order chi connectivity index (χ1) is 11.0. The average molecular weight is 354 g/mol. The van der Waals surface area contributed by atoms with Crippen molar-refractivity contribution in [2.75, 3.05) is 24.2 Å². The van der Waals surface area contributed by atoms with Crippen LogP contribution in [0.1, 0.15) is 23.6 Å². The number of anilines is 1. The van der Waals surface area contributed by atoms with E-state index in [1.165, 1.54) is 28.7 Å². The molecule has 0 saturated carbocycles. The fraction of sp³-hybridized carbons (Fsp3) is 0.500. The molecule has 0 aliphatic carbocycles. The van der Waals surface area contributed by atoms with Crippen molar-refractivity contribution < 1.29 is 9.84 Å². The lowest BCUT2D eigenvalue weighted by atomic mass is 10.1. The molecule has 2 N–H and O–H groups in total. The molecule has 0 aliphatic heterocycles. The van der Waals surface area contributed by atoms with Gasteiger partial charge in [-0.25, -0.2) is 0 Å². The number of aliphatic hydroxyl groups is 1. The van der Waals surface area contributed by atoms with Crippen LogP contribution in [0.2, 0.25) is 0 Å². The summed E-state index contributed by atoms with van der Waals surface area (Å²) in [4.78, 5) is 0. The zero-order chi connectivity index (χ0) is 16.8. The zero-order valence-electron chi connectivity index (χ0n) is 13.9. The average Bonchev–Trinajstić information content (AvgIpc) is 2.97. The molecule has 0 aliphatic rings. The third kappa shape index (κ3) is 5.09. The Morgan fingerprint density at radius 2 is 2.00 bits per heavy atom. The van der Waals surface area contributed by atoms with Crippen molar-refractivity contribution in [1.82, 2.24) is 10.2 Å². The smallest absolute Gasteiger partial charge is 0.206 e. The molecule has 0 saturated heterocycles. The monoisotopic (exact) mass is 353 g/mol. The maximum atomic E-state index is 10.1. The van der Waals surface area contributed by atoms with Crippen molar-refractivity contribution in [3.05, 3.63) is 28.8 Å². The minimum absolute atomic E-state index is 0.275. The number of aromatic nitrogens is 2. The molecule has 2 aromatic rings. The molecule has 23 heavy (non-hydrogen) atoms. The van der Waals surface area contributed by atoms with E-state index in [4.69, 9.17) is 4.74 Å². The fourth-order valence-electron chi connectivity index (χ4n) is 2.03. The van der Waals surface area contributed by atoms with Gasteiger partial charge in [-0.1, -0.05) is 35.2 Å². The number of benzene rings is 1. The minimum atomic E-state index is -0.550. The van der Waals surface area contributed by atoms with Crippen LogP contribution < -0.4 is 10.1 Å². The summed E-state index contributed by atoms with van der Waals surface area (Å²) in [7, 11) is 0. The number of thioether (sulfide) groups is 1. The van der Waals surface area contributed by atoms with E-state index in [1.807, 2.05) is 26.8 Å². The van der Waals surface area contributed by atoms with Gasteiger partial charge < -0.3 is 15.2 Å². The number of aliphatic hydroxyl groups excluding tert-OH is 1. The molecule has 1 aromatic carbocycles. The van der Waals surface area contributed by atoms with Crippen molar-refractivity contribution >= 4 is 28.2 Å². The topological polar surface area (TPSA) is 67.3 Å². The Balaban J connectivity index is 1.83. The molecule has 7 heteroatoms. The van der Waals surface area contributed by atoms with Gasteiger partial charge >= 0.3 is 0 Å². The van der Waals surface area contributed by atoms with Crippen LogP contribution >= 0.6 is 23.1 Å². The molecule has 0 spiro atoms. The van der Waals surface area contributed by atoms with Gasteiger partial charge in [0.1, 0.15) is 12.4 Å². The summed E-state index contributed by atoms with van der Waals surface area (Å²) in [6, 6.07) is 4.13. The molecule has 5 nitrogen and oxygen atoms in total. The largest absolute Gasteiger partial charge is 0.490 e. The van der Waals surface area contributed by atoms with Gasteiger partial charge in [-0.3, -0.25) is 0 Å². The number of hydrogen-bond acceptors (Lipinski definition) is 7. The highest BCUT2D eigenvalue weighted by Gasteiger charge is 2.12. The van der Waals surface area contributed by atoms with Crippen LogP contribution in [0.5, 0.6) is 5.75 Å². The number of aryl methyl sites for hydroxylation is 2. The van der Waals surface area contributed by atoms with E-state index in [1.54, 1.807) is 0 Å². The van der Waals surface area contributed by atoms with Crippen LogP contribution in [-0.4, -0.2) is 40.3 Å². The summed E-state index contributed by atoms with van der Waals surface area (Å²) < 4.78 is 6.68. The summed E-state index contributed by atoms with van der Waals surface area (Å²) in [6.45, 7) is 9.24. The van der Waals surface area contributed by atoms with Crippen molar-refractivity contribution in [1.29, 1.82) is 0 Å². The molecule has 0 fully saturated rings. The quantitative estimate of drug-likeness (QED) is 0.709. The van der Waals surface area contributed by atoms with Gasteiger partial charge in [0.15, 0.2) is 4.34 Å². The lowest BCUT2D eigenvalue weighted by Crippen LogP contribution is -2.20. The number of hydrogen-bond donors (Lipinski definition) is 2. The zero-order valence-corrected chi connectivity index (χ0v) is 15.6. The second kappa shape index (κ2) is 8.52. The molecular formula is C16H23N3O2S2. The second-order valence-electron chi connectivity index (χ2n) is 5.33. The van der Waals surface area contributed by atoms with Crippen LogP contribution in [0, 0.1) is 20.8 Å². The molecule has 1 heterocycles. The molecule has 1 aromatic heterocycles. The molecule has 0 unspecified atom stereocenters. The summed E-state index contributed by atoms with van der Waals surface area (Å²) in [5.41, 5.74) is 3.41. The third-order valence-corrected chi connectivity index (χ3v) is 5.59. The van der Waals surface area contributed by atoms with Crippen LogP contribution in [0.25, 0.3) is 0 Å². The molecular weight excluding hydrogens is 330 g/mol. The van der Waals surface area contributed by atoms with Crippen LogP contribution in [0.4, 0.5) is 5.13 Å². The standard InChI is InChI=1S/C16H23N3O2S2/c1-5-17-15-18-19-16(23-15)22-9-13(20)8-21-14-11(3)7-6-10(2)12(14)4/h6-7,13,20H,5,8-9H2,1-4H3,(H,17,18)/t13-/m0/s1. The summed E-state index contributed by atoms with van der Waals surface area (Å²) in [5.74, 6) is 1.41. The van der Waals surface area contributed by atoms with Crippen molar-refractivity contribution in [3.8, 4) is 5.75 Å². The lowest BCUT2D eigenvalue weighted by molar-refractivity contribution is 0.125. The van der Waals surface area contributed by atoms with Crippen LogP contribution in [0.15, 0.2) is 16.5 Å². The van der Waals surface area contributed by atoms with Gasteiger partial charge in [0.25, 0.3) is 0 Å². The maximum absolute atomic E-state index is 10.1. The Hall–Kier alpha value is -1.31. The number of ether oxygens (including phenoxy) is 1. The Kier molecular flexibility index (Phi) is 6.68. The summed E-state index contributed by atoms with van der Waals surface area (Å²) in [6.07, 6.45) is -0.550. The van der Waals surface area contributed by atoms with E-state index in [2.05, 4.69) is 28.5 Å². The first-order valence-electron chi connectivity index (χ1n) is 7.59. The molecule has 126 valence electrons. The molecule has 0 bridgehead atoms. The highest BCUT2D eigenvalue weighted by Crippen LogP contribution is 2.27. The Bertz CT molecular complexity index is 646. The predicted molar refractivity (Wildman–Crippen MR) is 97.0 cm³/mol. The van der Waals surface area contributed by atoms with Gasteiger partial charge in [-0.05, 0) is 44.4 Å². The number of nitrogens with one attached hydrogen (secondary N) is 1. The first kappa shape index (κ1) is 18.0. The van der Waals surface area contributed by atoms with Gasteiger partial charge in [-0.15, -0.1) is 10.2 Å². The van der Waals surface area contributed by atoms with E-state index >= 15 is 0 Å². The Labute approximate surface area is 145 Å². The highest BCUT2D eigenvalue weighted by molar-refractivity contribution is 8.01. The molecule has 0 amide bonds. The van der Waals surface area contributed by atoms with Gasteiger partial charge in [0.05, 0.1) is 6.10 Å². The van der Waals surface area contributed by atoms with Gasteiger partial charge in [0, 0.05) is 12.3 Å². The minimum Gasteiger partial charge on any atom is -0.490 e. The van der Waals surface area contributed by atoms with Crippen molar-refractivity contribution in [2.45, 2.75) is 38.1 Å².